The van der Waals surface area contributed by atoms with Crippen LogP contribution in [0.4, 0.5) is 0 Å². The minimum absolute atomic E-state index is 0.00911. The van der Waals surface area contributed by atoms with Gasteiger partial charge in [0.25, 0.3) is 0 Å². The van der Waals surface area contributed by atoms with Crippen LogP contribution >= 0.6 is 7.82 Å². The molecule has 3 aliphatic heterocycles. The molecule has 3 rings (SSSR count). The third kappa shape index (κ3) is 5.20. The summed E-state index contributed by atoms with van der Waals surface area (Å²) in [6, 6.07) is 0. The van der Waals surface area contributed by atoms with Crippen LogP contribution in [0.25, 0.3) is 0 Å². The van der Waals surface area contributed by atoms with Gasteiger partial charge in [0.15, 0.2) is 6.29 Å². The number of hydrogen-bond donors (Lipinski definition) is 0. The average Bonchev–Trinajstić information content (AvgIpc) is 3.26. The van der Waals surface area contributed by atoms with Crippen molar-refractivity contribution in [1.82, 2.24) is 0 Å². The van der Waals surface area contributed by atoms with Crippen molar-refractivity contribution in [2.75, 3.05) is 20.8 Å². The number of ether oxygens (including phenoxy) is 1. The lowest BCUT2D eigenvalue weighted by Crippen LogP contribution is -2.55. The predicted molar refractivity (Wildman–Crippen MR) is 103 cm³/mol. The Labute approximate surface area is 167 Å². The molecule has 3 saturated heterocycles. The molecule has 0 aromatic rings. The summed E-state index contributed by atoms with van der Waals surface area (Å²) in [5.41, 5.74) is 0. The Balaban J connectivity index is 1.65. The first-order valence-electron chi connectivity index (χ1n) is 10.2. The smallest absolute Gasteiger partial charge is 0.403 e. The van der Waals surface area contributed by atoms with E-state index in [1.54, 1.807) is 0 Å². The van der Waals surface area contributed by atoms with Crippen molar-refractivity contribution >= 4 is 22.1 Å². The topological polar surface area (TPSA) is 90.9 Å². The highest BCUT2D eigenvalue weighted by molar-refractivity contribution is 7.48. The molecule has 3 aliphatic rings. The molecule has 0 saturated carbocycles. The van der Waals surface area contributed by atoms with Crippen LogP contribution < -0.4 is 0 Å². The van der Waals surface area contributed by atoms with E-state index in [2.05, 4.69) is 13.8 Å². The quantitative estimate of drug-likeness (QED) is 0.370. The Kier molecular flexibility index (Phi) is 8.42. The molecule has 3 heterocycles. The maximum Gasteiger partial charge on any atom is 0.474 e. The van der Waals surface area contributed by atoms with Gasteiger partial charge in [0.05, 0.1) is 12.7 Å². The molecule has 0 bridgehead atoms. The summed E-state index contributed by atoms with van der Waals surface area (Å²) in [6.45, 7) is 4.23. The monoisotopic (exact) mass is 420 g/mol. The molecule has 28 heavy (non-hydrogen) atoms. The van der Waals surface area contributed by atoms with Gasteiger partial charge in [-0.3, -0.25) is 13.6 Å². The van der Waals surface area contributed by atoms with Crippen LogP contribution in [0.15, 0.2) is 0 Å². The molecule has 12 heteroatoms. The van der Waals surface area contributed by atoms with Gasteiger partial charge >= 0.3 is 22.1 Å². The molecule has 0 aromatic heterocycles. The van der Waals surface area contributed by atoms with Crippen molar-refractivity contribution in [1.29, 1.82) is 0 Å². The summed E-state index contributed by atoms with van der Waals surface area (Å²) in [5, 5.41) is 0. The Bertz CT molecular complexity index is 534. The summed E-state index contributed by atoms with van der Waals surface area (Å²) >= 11 is 0. The van der Waals surface area contributed by atoms with Crippen molar-refractivity contribution in [3.8, 4) is 0 Å². The summed E-state index contributed by atoms with van der Waals surface area (Å²) < 4.78 is 57.5. The van der Waals surface area contributed by atoms with Gasteiger partial charge in [0.2, 0.25) is 0 Å². The molecule has 0 aliphatic carbocycles. The largest absolute Gasteiger partial charge is 0.474 e. The summed E-state index contributed by atoms with van der Waals surface area (Å²) in [6.07, 6.45) is 3.62. The number of unbranched alkanes of at least 4 members (excludes halogenated alkanes) is 2. The first-order chi connectivity index (χ1) is 13.5. The zero-order valence-electron chi connectivity index (χ0n) is 17.1. The van der Waals surface area contributed by atoms with Gasteiger partial charge in [-0.1, -0.05) is 39.5 Å². The summed E-state index contributed by atoms with van der Waals surface area (Å²) in [7, 11) is -1.73. The van der Waals surface area contributed by atoms with E-state index in [1.165, 1.54) is 14.2 Å². The molecule has 5 atom stereocenters. The second-order valence-corrected chi connectivity index (χ2v) is 9.12. The summed E-state index contributed by atoms with van der Waals surface area (Å²) in [4.78, 5) is 0. The number of fused-ring (bicyclic) bond motifs is 3. The summed E-state index contributed by atoms with van der Waals surface area (Å²) in [5.74, 6) is 0. The average molecular weight is 420 g/mol. The van der Waals surface area contributed by atoms with E-state index in [4.69, 9.17) is 36.9 Å². The lowest BCUT2D eigenvalue weighted by atomic mass is 9.78. The number of hydrogen-bond acceptors (Lipinski definition) is 9. The van der Waals surface area contributed by atoms with Crippen LogP contribution in [0.3, 0.4) is 0 Å². The highest BCUT2D eigenvalue weighted by Crippen LogP contribution is 2.48. The molecule has 0 N–H and O–H groups in total. The molecule has 0 spiro atoms. The second-order valence-electron chi connectivity index (χ2n) is 7.23. The van der Waals surface area contributed by atoms with Crippen LogP contribution in [0.2, 0.25) is 12.6 Å². The molecular formula is C16H31B2O9P. The zero-order valence-corrected chi connectivity index (χ0v) is 18.0. The van der Waals surface area contributed by atoms with Gasteiger partial charge in [-0.15, -0.1) is 0 Å². The molecular weight excluding hydrogens is 389 g/mol. The van der Waals surface area contributed by atoms with Gasteiger partial charge in [-0.05, 0) is 12.6 Å². The van der Waals surface area contributed by atoms with E-state index in [0.717, 1.165) is 38.3 Å². The van der Waals surface area contributed by atoms with Crippen LogP contribution in [0.1, 0.15) is 39.5 Å². The van der Waals surface area contributed by atoms with Gasteiger partial charge in [0, 0.05) is 14.2 Å². The molecule has 3 fully saturated rings. The van der Waals surface area contributed by atoms with Gasteiger partial charge < -0.3 is 23.4 Å². The van der Waals surface area contributed by atoms with E-state index in [0.29, 0.717) is 0 Å². The minimum Gasteiger partial charge on any atom is -0.403 e. The Morgan fingerprint density at radius 1 is 0.857 bits per heavy atom. The zero-order chi connectivity index (χ0) is 20.1. The van der Waals surface area contributed by atoms with Crippen LogP contribution in [0.5, 0.6) is 0 Å². The fourth-order valence-corrected chi connectivity index (χ4v) is 4.38. The Morgan fingerprint density at radius 3 is 2.07 bits per heavy atom. The molecule has 0 unspecified atom stereocenters. The van der Waals surface area contributed by atoms with Gasteiger partial charge in [-0.2, -0.15) is 0 Å². The number of phosphoric ester groups is 1. The van der Waals surface area contributed by atoms with Crippen molar-refractivity contribution in [3.05, 3.63) is 0 Å². The van der Waals surface area contributed by atoms with Crippen molar-refractivity contribution in [3.63, 3.8) is 0 Å². The maximum absolute atomic E-state index is 12.2. The number of phosphoric acid groups is 1. The standard InChI is InChI=1S/C16H31B2O9P/c1-5-7-9-17-24-12(11-22-28(19,20-3)21-4)13-14(25-17)15-16(23-13)27-18(26-15)10-8-6-2/h12-16H,5-11H2,1-4H3/t12-,13-,14+,15-,16-/m1/s1. The first kappa shape index (κ1) is 22.7. The third-order valence-corrected chi connectivity index (χ3v) is 6.59. The normalized spacial score (nSPS) is 32.6. The Morgan fingerprint density at radius 2 is 1.46 bits per heavy atom. The van der Waals surface area contributed by atoms with E-state index < -0.39 is 33.4 Å². The van der Waals surface area contributed by atoms with Crippen molar-refractivity contribution in [2.45, 2.75) is 82.9 Å². The molecule has 160 valence electrons. The molecule has 0 radical (unpaired) electrons. The molecule has 9 nitrogen and oxygen atoms in total. The highest BCUT2D eigenvalue weighted by Gasteiger charge is 2.59. The second kappa shape index (κ2) is 10.4. The SMILES string of the molecule is CCCCB1O[C@H]2O[C@H]3[C@H](OB(CCCC)O[C@@H]3COP(=O)(OC)OC)[C@H]2O1. The molecule has 0 amide bonds. The predicted octanol–water partition coefficient (Wildman–Crippen LogP) is 2.90. The van der Waals surface area contributed by atoms with Crippen LogP contribution in [-0.2, 0) is 41.5 Å². The van der Waals surface area contributed by atoms with Crippen LogP contribution in [0, 0.1) is 0 Å². The lowest BCUT2D eigenvalue weighted by Gasteiger charge is -2.38. The van der Waals surface area contributed by atoms with E-state index >= 15 is 0 Å². The van der Waals surface area contributed by atoms with Crippen molar-refractivity contribution < 1.29 is 41.5 Å². The fraction of sp³-hybridized carbons (Fsp3) is 1.00. The van der Waals surface area contributed by atoms with Crippen molar-refractivity contribution in [2.24, 2.45) is 0 Å². The highest BCUT2D eigenvalue weighted by atomic mass is 31.2. The minimum atomic E-state index is -3.61. The third-order valence-electron chi connectivity index (χ3n) is 5.23. The number of rotatable bonds is 11. The Hall–Kier alpha value is 0.0399. The fourth-order valence-electron chi connectivity index (χ4n) is 3.69. The van der Waals surface area contributed by atoms with Gasteiger partial charge in [0.1, 0.15) is 18.3 Å². The van der Waals surface area contributed by atoms with E-state index in [9.17, 15) is 4.57 Å². The first-order valence-corrected chi connectivity index (χ1v) is 11.6. The lowest BCUT2D eigenvalue weighted by molar-refractivity contribution is -0.139. The van der Waals surface area contributed by atoms with Gasteiger partial charge in [-0.25, -0.2) is 4.57 Å². The van der Waals surface area contributed by atoms with E-state index in [1.807, 2.05) is 0 Å². The molecule has 0 aromatic carbocycles. The van der Waals surface area contributed by atoms with Crippen LogP contribution in [-0.4, -0.2) is 65.8 Å². The maximum atomic E-state index is 12.2. The van der Waals surface area contributed by atoms with E-state index in [-0.39, 0.29) is 25.9 Å².